The predicted octanol–water partition coefficient (Wildman–Crippen LogP) is 1.98. The molecule has 0 heterocycles. The molecule has 15 heavy (non-hydrogen) atoms. The van der Waals surface area contributed by atoms with Crippen molar-refractivity contribution >= 4 is 5.97 Å². The summed E-state index contributed by atoms with van der Waals surface area (Å²) in [6, 6.07) is 0.520. The van der Waals surface area contributed by atoms with Crippen molar-refractivity contribution in [2.75, 3.05) is 13.1 Å². The number of esters is 1. The van der Waals surface area contributed by atoms with Crippen LogP contribution in [0.1, 0.15) is 33.6 Å². The molecule has 0 aromatic heterocycles. The molecule has 1 rings (SSSR count). The summed E-state index contributed by atoms with van der Waals surface area (Å²) in [5, 5.41) is 0. The van der Waals surface area contributed by atoms with Gasteiger partial charge in [0, 0.05) is 13.0 Å². The summed E-state index contributed by atoms with van der Waals surface area (Å²) < 4.78 is 5.14. The number of nitrogens with zero attached hydrogens (tertiary/aromatic N) is 1. The second kappa shape index (κ2) is 5.91. The number of rotatable bonds is 4. The third-order valence-electron chi connectivity index (χ3n) is 2.89. The molecule has 3 nitrogen and oxygen atoms in total. The highest BCUT2D eigenvalue weighted by Gasteiger charge is 2.20. The summed E-state index contributed by atoms with van der Waals surface area (Å²) in [6.45, 7) is 7.96. The van der Waals surface area contributed by atoms with Gasteiger partial charge in [0.2, 0.25) is 0 Å². The predicted molar refractivity (Wildman–Crippen MR) is 60.6 cm³/mol. The zero-order valence-electron chi connectivity index (χ0n) is 9.90. The first-order valence-electron chi connectivity index (χ1n) is 5.77. The Morgan fingerprint density at radius 3 is 2.40 bits per heavy atom. The largest absolute Gasteiger partial charge is 0.458 e. The van der Waals surface area contributed by atoms with Crippen molar-refractivity contribution in [1.29, 1.82) is 0 Å². The summed E-state index contributed by atoms with van der Waals surface area (Å²) >= 11 is 0. The maximum absolute atomic E-state index is 10.8. The van der Waals surface area contributed by atoms with Gasteiger partial charge in [0.25, 0.3) is 0 Å². The smallest absolute Gasteiger partial charge is 0.303 e. The Hall–Kier alpha value is -0.830. The topological polar surface area (TPSA) is 29.5 Å². The van der Waals surface area contributed by atoms with E-state index in [4.69, 9.17) is 4.74 Å². The van der Waals surface area contributed by atoms with Gasteiger partial charge in [-0.15, -0.1) is 0 Å². The van der Waals surface area contributed by atoms with Gasteiger partial charge in [-0.2, -0.15) is 0 Å². The lowest BCUT2D eigenvalue weighted by molar-refractivity contribution is -0.144. The van der Waals surface area contributed by atoms with Gasteiger partial charge in [-0.1, -0.05) is 19.9 Å². The van der Waals surface area contributed by atoms with Gasteiger partial charge >= 0.3 is 5.97 Å². The molecule has 0 fully saturated rings. The Morgan fingerprint density at radius 1 is 1.33 bits per heavy atom. The van der Waals surface area contributed by atoms with Crippen molar-refractivity contribution in [1.82, 2.24) is 4.90 Å². The summed E-state index contributed by atoms with van der Waals surface area (Å²) in [6.07, 6.45) is 6.21. The van der Waals surface area contributed by atoms with E-state index in [-0.39, 0.29) is 12.1 Å². The number of ether oxygens (including phenoxy) is 1. The molecule has 0 unspecified atom stereocenters. The average Bonchev–Trinajstić information content (AvgIpc) is 2.21. The number of carbonyl (C=O) groups is 1. The third kappa shape index (κ3) is 3.67. The zero-order valence-corrected chi connectivity index (χ0v) is 9.90. The average molecular weight is 211 g/mol. The van der Waals surface area contributed by atoms with E-state index in [2.05, 4.69) is 24.8 Å². The first kappa shape index (κ1) is 12.2. The molecule has 0 saturated carbocycles. The Labute approximate surface area is 92.1 Å². The van der Waals surface area contributed by atoms with Crippen LogP contribution < -0.4 is 0 Å². The Kier molecular flexibility index (Phi) is 4.82. The van der Waals surface area contributed by atoms with Crippen LogP contribution in [0.15, 0.2) is 12.2 Å². The van der Waals surface area contributed by atoms with Crippen LogP contribution in [0, 0.1) is 0 Å². The van der Waals surface area contributed by atoms with Gasteiger partial charge in [-0.05, 0) is 32.0 Å². The molecule has 0 aromatic carbocycles. The summed E-state index contributed by atoms with van der Waals surface area (Å²) in [5.41, 5.74) is 0. The number of likely N-dealkylation sites (N-methyl/N-ethyl adjacent to an activating group) is 1. The zero-order chi connectivity index (χ0) is 11.3. The van der Waals surface area contributed by atoms with E-state index in [1.807, 2.05) is 6.08 Å². The van der Waals surface area contributed by atoms with E-state index < -0.39 is 0 Å². The monoisotopic (exact) mass is 211 g/mol. The first-order chi connectivity index (χ1) is 7.17. The molecule has 0 aromatic rings. The molecule has 2 atom stereocenters. The maximum atomic E-state index is 10.8. The van der Waals surface area contributed by atoms with Gasteiger partial charge in [-0.3, -0.25) is 9.69 Å². The van der Waals surface area contributed by atoms with Gasteiger partial charge in [0.05, 0.1) is 0 Å². The summed E-state index contributed by atoms with van der Waals surface area (Å²) in [4.78, 5) is 13.2. The van der Waals surface area contributed by atoms with Crippen molar-refractivity contribution in [2.24, 2.45) is 0 Å². The second-order valence-corrected chi connectivity index (χ2v) is 3.90. The fourth-order valence-corrected chi connectivity index (χ4v) is 2.09. The van der Waals surface area contributed by atoms with E-state index >= 15 is 0 Å². The lowest BCUT2D eigenvalue weighted by Gasteiger charge is -2.31. The number of carbonyl (C=O) groups excluding carboxylic acids is 1. The van der Waals surface area contributed by atoms with Gasteiger partial charge in [0.15, 0.2) is 0 Å². The third-order valence-corrected chi connectivity index (χ3v) is 2.89. The molecular weight excluding hydrogens is 190 g/mol. The van der Waals surface area contributed by atoms with Crippen molar-refractivity contribution in [2.45, 2.75) is 45.8 Å². The lowest BCUT2D eigenvalue weighted by atomic mass is 9.99. The van der Waals surface area contributed by atoms with Crippen LogP contribution in [0.3, 0.4) is 0 Å². The minimum atomic E-state index is -0.189. The maximum Gasteiger partial charge on any atom is 0.303 e. The minimum Gasteiger partial charge on any atom is -0.458 e. The van der Waals surface area contributed by atoms with E-state index in [0.29, 0.717) is 6.04 Å². The lowest BCUT2D eigenvalue weighted by Crippen LogP contribution is -2.36. The minimum absolute atomic E-state index is 0.00527. The number of hydrogen-bond acceptors (Lipinski definition) is 3. The standard InChI is InChI=1S/C12H21NO2/c1-4-13(5-2)11-6-8-12(9-7-11)15-10(3)14/h6,8,11-12H,4-5,7,9H2,1-3H3/t11-,12+/m1/s1. The fraction of sp³-hybridized carbons (Fsp3) is 0.750. The normalized spacial score (nSPS) is 25.6. The molecular formula is C12H21NO2. The van der Waals surface area contributed by atoms with E-state index in [1.165, 1.54) is 6.92 Å². The molecule has 0 N–H and O–H groups in total. The molecule has 0 aliphatic heterocycles. The van der Waals surface area contributed by atoms with Gasteiger partial charge in [-0.25, -0.2) is 0 Å². The van der Waals surface area contributed by atoms with Gasteiger partial charge in [0.1, 0.15) is 6.10 Å². The molecule has 3 heteroatoms. The van der Waals surface area contributed by atoms with Crippen molar-refractivity contribution in [3.8, 4) is 0 Å². The molecule has 1 aliphatic rings. The molecule has 1 aliphatic carbocycles. The van der Waals surface area contributed by atoms with E-state index in [1.54, 1.807) is 0 Å². The van der Waals surface area contributed by atoms with Crippen molar-refractivity contribution in [3.63, 3.8) is 0 Å². The Morgan fingerprint density at radius 2 is 2.00 bits per heavy atom. The molecule has 0 amide bonds. The first-order valence-corrected chi connectivity index (χ1v) is 5.77. The molecule has 86 valence electrons. The van der Waals surface area contributed by atoms with E-state index in [9.17, 15) is 4.79 Å². The van der Waals surface area contributed by atoms with Crippen LogP contribution in [0.5, 0.6) is 0 Å². The van der Waals surface area contributed by atoms with Gasteiger partial charge < -0.3 is 4.74 Å². The molecule has 0 radical (unpaired) electrons. The van der Waals surface area contributed by atoms with Crippen LogP contribution in [0.2, 0.25) is 0 Å². The fourth-order valence-electron chi connectivity index (χ4n) is 2.09. The van der Waals surface area contributed by atoms with Crippen LogP contribution in [-0.4, -0.2) is 36.1 Å². The van der Waals surface area contributed by atoms with Crippen LogP contribution in [0.4, 0.5) is 0 Å². The molecule has 0 saturated heterocycles. The highest BCUT2D eigenvalue weighted by atomic mass is 16.5. The van der Waals surface area contributed by atoms with Crippen LogP contribution in [0.25, 0.3) is 0 Å². The Bertz CT molecular complexity index is 234. The van der Waals surface area contributed by atoms with Crippen LogP contribution >= 0.6 is 0 Å². The molecule has 0 spiro atoms. The van der Waals surface area contributed by atoms with Crippen molar-refractivity contribution < 1.29 is 9.53 Å². The van der Waals surface area contributed by atoms with Crippen LogP contribution in [-0.2, 0) is 9.53 Å². The Balaban J connectivity index is 2.46. The van der Waals surface area contributed by atoms with E-state index in [0.717, 1.165) is 25.9 Å². The van der Waals surface area contributed by atoms with Crippen molar-refractivity contribution in [3.05, 3.63) is 12.2 Å². The highest BCUT2D eigenvalue weighted by molar-refractivity contribution is 5.66. The SMILES string of the molecule is CCN(CC)[C@@H]1C=C[C@H](OC(C)=O)CC1. The highest BCUT2D eigenvalue weighted by Crippen LogP contribution is 2.18. The molecule has 0 bridgehead atoms. The summed E-state index contributed by atoms with van der Waals surface area (Å²) in [7, 11) is 0. The number of hydrogen-bond donors (Lipinski definition) is 0. The quantitative estimate of drug-likeness (QED) is 0.526. The second-order valence-electron chi connectivity index (χ2n) is 3.90. The summed E-state index contributed by atoms with van der Waals surface area (Å²) in [5.74, 6) is -0.189.